The smallest absolute Gasteiger partial charge is 0.255 e. The molecule has 4 rings (SSSR count). The molecule has 0 aliphatic heterocycles. The SMILES string of the molecule is COc1cccc(C(=O)NCCc2sc3nc(-c4ccc(F)cc4)nn3c2C)c1OC. The highest BCUT2D eigenvalue weighted by molar-refractivity contribution is 7.17. The predicted molar refractivity (Wildman–Crippen MR) is 117 cm³/mol. The molecule has 0 unspecified atom stereocenters. The fourth-order valence-electron chi connectivity index (χ4n) is 3.29. The fourth-order valence-corrected chi connectivity index (χ4v) is 4.34. The van der Waals surface area contributed by atoms with Gasteiger partial charge in [-0.1, -0.05) is 17.4 Å². The van der Waals surface area contributed by atoms with Crippen LogP contribution in [0.2, 0.25) is 0 Å². The molecular formula is C22H21FN4O3S. The topological polar surface area (TPSA) is 77.8 Å². The summed E-state index contributed by atoms with van der Waals surface area (Å²) in [6.45, 7) is 2.42. The molecule has 0 bridgehead atoms. The molecule has 0 spiro atoms. The number of rotatable bonds is 7. The number of carbonyl (C=O) groups excluding carboxylic acids is 1. The third-order valence-corrected chi connectivity index (χ3v) is 6.09. The third-order valence-electron chi connectivity index (χ3n) is 4.90. The highest BCUT2D eigenvalue weighted by Gasteiger charge is 2.17. The van der Waals surface area contributed by atoms with Crippen LogP contribution in [0.1, 0.15) is 20.9 Å². The van der Waals surface area contributed by atoms with Crippen LogP contribution in [-0.4, -0.2) is 41.3 Å². The van der Waals surface area contributed by atoms with Crippen molar-refractivity contribution in [3.8, 4) is 22.9 Å². The minimum absolute atomic E-state index is 0.230. The third kappa shape index (κ3) is 4.09. The van der Waals surface area contributed by atoms with Crippen molar-refractivity contribution in [3.05, 3.63) is 64.4 Å². The summed E-state index contributed by atoms with van der Waals surface area (Å²) in [6, 6.07) is 11.3. The van der Waals surface area contributed by atoms with E-state index >= 15 is 0 Å². The molecule has 0 atom stereocenters. The van der Waals surface area contributed by atoms with Crippen LogP contribution < -0.4 is 14.8 Å². The van der Waals surface area contributed by atoms with Crippen molar-refractivity contribution < 1.29 is 18.7 Å². The van der Waals surface area contributed by atoms with Crippen LogP contribution in [0.4, 0.5) is 4.39 Å². The Bertz CT molecular complexity index is 1230. The van der Waals surface area contributed by atoms with E-state index < -0.39 is 0 Å². The number of carbonyl (C=O) groups is 1. The van der Waals surface area contributed by atoms with Crippen molar-refractivity contribution in [2.45, 2.75) is 13.3 Å². The second kappa shape index (κ2) is 8.73. The van der Waals surface area contributed by atoms with Crippen molar-refractivity contribution >= 4 is 22.2 Å². The lowest BCUT2D eigenvalue weighted by atomic mass is 10.1. The first-order valence-corrected chi connectivity index (χ1v) is 10.4. The number of halogens is 1. The van der Waals surface area contributed by atoms with E-state index in [1.807, 2.05) is 6.92 Å². The number of nitrogens with one attached hydrogen (secondary N) is 1. The molecule has 7 nitrogen and oxygen atoms in total. The molecule has 1 N–H and O–H groups in total. The average molecular weight is 441 g/mol. The lowest BCUT2D eigenvalue weighted by Gasteiger charge is -2.12. The van der Waals surface area contributed by atoms with Crippen molar-refractivity contribution in [1.82, 2.24) is 19.9 Å². The number of nitrogens with zero attached hydrogens (tertiary/aromatic N) is 3. The lowest BCUT2D eigenvalue weighted by molar-refractivity contribution is 0.0950. The standard InChI is InChI=1S/C22H21FN4O3S/c1-13-18(11-12-24-21(28)16-5-4-6-17(29-2)19(16)30-3)31-22-25-20(26-27(13)22)14-7-9-15(23)10-8-14/h4-10H,11-12H2,1-3H3,(H,24,28). The number of amides is 1. The summed E-state index contributed by atoms with van der Waals surface area (Å²) in [6.07, 6.45) is 0.644. The maximum Gasteiger partial charge on any atom is 0.255 e. The van der Waals surface area contributed by atoms with Gasteiger partial charge in [-0.05, 0) is 43.3 Å². The molecule has 2 heterocycles. The van der Waals surface area contributed by atoms with Crippen LogP contribution in [-0.2, 0) is 6.42 Å². The molecule has 0 saturated carbocycles. The van der Waals surface area contributed by atoms with Gasteiger partial charge in [-0.15, -0.1) is 5.10 Å². The first-order valence-electron chi connectivity index (χ1n) is 9.62. The van der Waals surface area contributed by atoms with Crippen LogP contribution in [0.15, 0.2) is 42.5 Å². The Kier molecular flexibility index (Phi) is 5.85. The van der Waals surface area contributed by atoms with Gasteiger partial charge in [-0.2, -0.15) is 4.98 Å². The maximum absolute atomic E-state index is 13.1. The molecule has 9 heteroatoms. The summed E-state index contributed by atoms with van der Waals surface area (Å²) in [4.78, 5) is 19.0. The van der Waals surface area contributed by atoms with Crippen molar-refractivity contribution in [1.29, 1.82) is 0 Å². The molecule has 2 aromatic carbocycles. The molecule has 0 radical (unpaired) electrons. The van der Waals surface area contributed by atoms with Gasteiger partial charge in [0.05, 0.1) is 25.5 Å². The van der Waals surface area contributed by atoms with Gasteiger partial charge < -0.3 is 14.8 Å². The predicted octanol–water partition coefficient (Wildman–Crippen LogP) is 3.90. The lowest BCUT2D eigenvalue weighted by Crippen LogP contribution is -2.26. The number of ether oxygens (including phenoxy) is 2. The Hall–Kier alpha value is -3.46. The van der Waals surface area contributed by atoms with Gasteiger partial charge in [-0.25, -0.2) is 8.91 Å². The highest BCUT2D eigenvalue weighted by Crippen LogP contribution is 2.30. The molecule has 0 saturated heterocycles. The zero-order valence-electron chi connectivity index (χ0n) is 17.3. The molecule has 160 valence electrons. The van der Waals surface area contributed by atoms with E-state index in [4.69, 9.17) is 9.47 Å². The second-order valence-corrected chi connectivity index (χ2v) is 7.86. The quantitative estimate of drug-likeness (QED) is 0.472. The van der Waals surface area contributed by atoms with Crippen LogP contribution in [0.25, 0.3) is 16.3 Å². The van der Waals surface area contributed by atoms with Gasteiger partial charge >= 0.3 is 0 Å². The van der Waals surface area contributed by atoms with Gasteiger partial charge in [-0.3, -0.25) is 4.79 Å². The van der Waals surface area contributed by atoms with Gasteiger partial charge in [0.15, 0.2) is 17.3 Å². The Morgan fingerprint density at radius 1 is 1.16 bits per heavy atom. The monoisotopic (exact) mass is 440 g/mol. The largest absolute Gasteiger partial charge is 0.493 e. The number of aryl methyl sites for hydroxylation is 1. The zero-order valence-corrected chi connectivity index (χ0v) is 18.1. The van der Waals surface area contributed by atoms with Crippen LogP contribution in [0, 0.1) is 12.7 Å². The molecular weight excluding hydrogens is 419 g/mol. The number of para-hydroxylation sites is 1. The number of fused-ring (bicyclic) bond motifs is 1. The van der Waals surface area contributed by atoms with Gasteiger partial charge in [0.1, 0.15) is 5.82 Å². The molecule has 0 aliphatic carbocycles. The Morgan fingerprint density at radius 3 is 2.61 bits per heavy atom. The van der Waals surface area contributed by atoms with Crippen molar-refractivity contribution in [2.75, 3.05) is 20.8 Å². The van der Waals surface area contributed by atoms with Gasteiger partial charge in [0.25, 0.3) is 5.91 Å². The fraction of sp³-hybridized carbons (Fsp3) is 0.227. The first kappa shape index (κ1) is 20.8. The summed E-state index contributed by atoms with van der Waals surface area (Å²) in [5.41, 5.74) is 2.15. The van der Waals surface area contributed by atoms with E-state index in [0.29, 0.717) is 35.9 Å². The molecule has 31 heavy (non-hydrogen) atoms. The Labute approximate surface area is 182 Å². The maximum atomic E-state index is 13.1. The number of hydrogen-bond donors (Lipinski definition) is 1. The van der Waals surface area contributed by atoms with Crippen molar-refractivity contribution in [2.24, 2.45) is 0 Å². The number of methoxy groups -OCH3 is 2. The van der Waals surface area contributed by atoms with Crippen LogP contribution >= 0.6 is 11.3 Å². The minimum atomic E-state index is -0.295. The highest BCUT2D eigenvalue weighted by atomic mass is 32.1. The minimum Gasteiger partial charge on any atom is -0.493 e. The number of aromatic nitrogens is 3. The molecule has 2 aromatic heterocycles. The summed E-state index contributed by atoms with van der Waals surface area (Å²) in [7, 11) is 3.04. The van der Waals surface area contributed by atoms with E-state index in [1.54, 1.807) is 34.8 Å². The van der Waals surface area contributed by atoms with Crippen molar-refractivity contribution in [3.63, 3.8) is 0 Å². The van der Waals surface area contributed by atoms with Gasteiger partial charge in [0.2, 0.25) is 4.96 Å². The second-order valence-electron chi connectivity index (χ2n) is 6.79. The van der Waals surface area contributed by atoms with Gasteiger partial charge in [0, 0.05) is 23.4 Å². The number of thiazole rings is 1. The number of benzene rings is 2. The van der Waals surface area contributed by atoms with E-state index in [1.165, 1.54) is 37.7 Å². The van der Waals surface area contributed by atoms with E-state index in [-0.39, 0.29) is 11.7 Å². The normalized spacial score (nSPS) is 11.0. The molecule has 0 aliphatic rings. The summed E-state index contributed by atoms with van der Waals surface area (Å²) >= 11 is 1.52. The van der Waals surface area contributed by atoms with E-state index in [9.17, 15) is 9.18 Å². The zero-order chi connectivity index (χ0) is 22.0. The average Bonchev–Trinajstić information content (AvgIpc) is 3.32. The van der Waals surface area contributed by atoms with Crippen LogP contribution in [0.5, 0.6) is 11.5 Å². The summed E-state index contributed by atoms with van der Waals surface area (Å²) in [5.74, 6) is 0.946. The summed E-state index contributed by atoms with van der Waals surface area (Å²) in [5, 5.41) is 7.47. The Balaban J connectivity index is 1.45. The number of hydrogen-bond acceptors (Lipinski definition) is 6. The van der Waals surface area contributed by atoms with E-state index in [0.717, 1.165) is 21.1 Å². The summed E-state index contributed by atoms with van der Waals surface area (Å²) < 4.78 is 25.5. The molecule has 4 aromatic rings. The molecule has 1 amide bonds. The van der Waals surface area contributed by atoms with E-state index in [2.05, 4.69) is 15.4 Å². The molecule has 0 fully saturated rings. The van der Waals surface area contributed by atoms with Crippen LogP contribution in [0.3, 0.4) is 0 Å². The Morgan fingerprint density at radius 2 is 1.94 bits per heavy atom. The first-order chi connectivity index (χ1) is 15.0.